The van der Waals surface area contributed by atoms with E-state index in [0.717, 1.165) is 20.5 Å². The molecule has 0 aromatic heterocycles. The average molecular weight is 295 g/mol. The highest BCUT2D eigenvalue weighted by Gasteiger charge is 2.28. The molecule has 19 heavy (non-hydrogen) atoms. The van der Waals surface area contributed by atoms with Gasteiger partial charge < -0.3 is 9.47 Å². The van der Waals surface area contributed by atoms with Gasteiger partial charge in [0.05, 0.1) is 26.2 Å². The molecule has 0 amide bonds. The Hall–Kier alpha value is -1.64. The van der Waals surface area contributed by atoms with Gasteiger partial charge in [0.2, 0.25) is 0 Å². The van der Waals surface area contributed by atoms with Crippen LogP contribution in [0.15, 0.2) is 5.16 Å². The van der Waals surface area contributed by atoms with E-state index >= 15 is 0 Å². The van der Waals surface area contributed by atoms with Crippen molar-refractivity contribution in [2.75, 3.05) is 20.5 Å². The number of hydrogen-bond acceptors (Lipinski definition) is 8. The number of rotatable bonds is 7. The summed E-state index contributed by atoms with van der Waals surface area (Å²) >= 11 is 0. The van der Waals surface area contributed by atoms with Crippen LogP contribution in [0.4, 0.5) is 0 Å². The Morgan fingerprint density at radius 1 is 1.16 bits per heavy atom. The Labute approximate surface area is 111 Å². The van der Waals surface area contributed by atoms with Gasteiger partial charge in [-0.15, -0.1) is 0 Å². The zero-order chi connectivity index (χ0) is 15.1. The molecule has 0 saturated heterocycles. The van der Waals surface area contributed by atoms with E-state index in [-0.39, 0.29) is 12.8 Å². The van der Waals surface area contributed by atoms with Crippen LogP contribution in [0.25, 0.3) is 0 Å². The van der Waals surface area contributed by atoms with Gasteiger partial charge in [-0.2, -0.15) is 8.42 Å². The van der Waals surface area contributed by atoms with Crippen molar-refractivity contribution in [3.8, 4) is 0 Å². The molecule has 0 aromatic carbocycles. The van der Waals surface area contributed by atoms with Crippen LogP contribution in [0.3, 0.4) is 0 Å². The lowest BCUT2D eigenvalue weighted by atomic mass is 10.0. The van der Waals surface area contributed by atoms with Crippen molar-refractivity contribution in [1.29, 1.82) is 0 Å². The molecule has 9 heteroatoms. The van der Waals surface area contributed by atoms with Gasteiger partial charge in [0.25, 0.3) is 0 Å². The van der Waals surface area contributed by atoms with Crippen molar-refractivity contribution in [2.24, 2.45) is 11.1 Å². The molecule has 0 fully saturated rings. The second-order valence-electron chi connectivity index (χ2n) is 3.74. The Balaban J connectivity index is 4.56. The molecule has 0 rings (SSSR count). The smallest absolute Gasteiger partial charge is 0.325 e. The van der Waals surface area contributed by atoms with E-state index < -0.39 is 28.0 Å². The first-order valence-corrected chi connectivity index (χ1v) is 7.10. The lowest BCUT2D eigenvalue weighted by Gasteiger charge is -2.11. The molecule has 0 N–H and O–H groups in total. The van der Waals surface area contributed by atoms with Gasteiger partial charge in [-0.05, 0) is 19.8 Å². The fraction of sp³-hybridized carbons (Fsp3) is 0.700. The molecule has 0 aliphatic heterocycles. The number of nitrogens with zero attached hydrogens (tertiary/aromatic N) is 1. The second kappa shape index (κ2) is 7.72. The van der Waals surface area contributed by atoms with Crippen LogP contribution >= 0.6 is 0 Å². The molecule has 0 saturated carbocycles. The fourth-order valence-corrected chi connectivity index (χ4v) is 1.41. The Kier molecular flexibility index (Phi) is 7.05. The number of carbonyl (C=O) groups excluding carboxylic acids is 2. The van der Waals surface area contributed by atoms with E-state index in [0.29, 0.717) is 5.71 Å². The minimum absolute atomic E-state index is 0.0851. The number of carbonyl (C=O) groups is 2. The quantitative estimate of drug-likeness (QED) is 0.283. The van der Waals surface area contributed by atoms with Gasteiger partial charge in [0.1, 0.15) is 0 Å². The summed E-state index contributed by atoms with van der Waals surface area (Å²) in [6, 6.07) is 0. The third kappa shape index (κ3) is 7.39. The first kappa shape index (κ1) is 17.4. The molecule has 0 aliphatic carbocycles. The standard InChI is InChI=1S/C10H17NO7S/c1-7(11-18-19(4,14)15)5-6-8(9(12)16-2)10(13)17-3/h8H,5-6H2,1-4H3. The first-order valence-electron chi connectivity index (χ1n) is 5.29. The van der Waals surface area contributed by atoms with Crippen LogP contribution in [0, 0.1) is 5.92 Å². The average Bonchev–Trinajstić information content (AvgIpc) is 2.34. The number of esters is 2. The lowest BCUT2D eigenvalue weighted by molar-refractivity contribution is -0.158. The van der Waals surface area contributed by atoms with Crippen molar-refractivity contribution in [3.05, 3.63) is 0 Å². The summed E-state index contributed by atoms with van der Waals surface area (Å²) in [6.45, 7) is 1.51. The molecule has 110 valence electrons. The summed E-state index contributed by atoms with van der Waals surface area (Å²) < 4.78 is 34.6. The number of hydrogen-bond donors (Lipinski definition) is 0. The zero-order valence-corrected chi connectivity index (χ0v) is 12.0. The third-order valence-corrected chi connectivity index (χ3v) is 2.44. The topological polar surface area (TPSA) is 108 Å². The number of ether oxygens (including phenoxy) is 2. The molecular weight excluding hydrogens is 278 g/mol. The van der Waals surface area contributed by atoms with Gasteiger partial charge in [0.15, 0.2) is 5.92 Å². The Morgan fingerprint density at radius 3 is 2.00 bits per heavy atom. The monoisotopic (exact) mass is 295 g/mol. The van der Waals surface area contributed by atoms with E-state index in [9.17, 15) is 18.0 Å². The van der Waals surface area contributed by atoms with Crippen molar-refractivity contribution < 1.29 is 31.8 Å². The van der Waals surface area contributed by atoms with Crippen LogP contribution in [0.5, 0.6) is 0 Å². The summed E-state index contributed by atoms with van der Waals surface area (Å²) in [5.41, 5.74) is 0.322. The maximum Gasteiger partial charge on any atom is 0.325 e. The summed E-state index contributed by atoms with van der Waals surface area (Å²) in [5.74, 6) is -2.51. The van der Waals surface area contributed by atoms with Gasteiger partial charge >= 0.3 is 22.1 Å². The van der Waals surface area contributed by atoms with E-state index in [1.807, 2.05) is 0 Å². The molecule has 0 aromatic rings. The summed E-state index contributed by atoms with van der Waals surface area (Å²) in [4.78, 5) is 22.7. The summed E-state index contributed by atoms with van der Waals surface area (Å²) in [7, 11) is -1.35. The Morgan fingerprint density at radius 2 is 1.63 bits per heavy atom. The zero-order valence-electron chi connectivity index (χ0n) is 11.2. The molecule has 0 aliphatic rings. The summed E-state index contributed by atoms with van der Waals surface area (Å²) in [6.07, 6.45) is 1.13. The van der Waals surface area contributed by atoms with Gasteiger partial charge in [0, 0.05) is 0 Å². The van der Waals surface area contributed by atoms with E-state index in [1.54, 1.807) is 0 Å². The van der Waals surface area contributed by atoms with Gasteiger partial charge in [-0.1, -0.05) is 5.16 Å². The molecule has 0 heterocycles. The van der Waals surface area contributed by atoms with Gasteiger partial charge in [-0.25, -0.2) is 0 Å². The van der Waals surface area contributed by atoms with Crippen LogP contribution in [0.2, 0.25) is 0 Å². The molecule has 0 spiro atoms. The highest BCUT2D eigenvalue weighted by Crippen LogP contribution is 2.12. The minimum Gasteiger partial charge on any atom is -0.468 e. The molecule has 0 atom stereocenters. The van der Waals surface area contributed by atoms with Crippen LogP contribution < -0.4 is 0 Å². The van der Waals surface area contributed by atoms with Crippen LogP contribution in [0.1, 0.15) is 19.8 Å². The highest BCUT2D eigenvalue weighted by molar-refractivity contribution is 7.85. The maximum absolute atomic E-state index is 11.4. The van der Waals surface area contributed by atoms with E-state index in [4.69, 9.17) is 0 Å². The third-order valence-electron chi connectivity index (χ3n) is 2.09. The predicted molar refractivity (Wildman–Crippen MR) is 65.8 cm³/mol. The van der Waals surface area contributed by atoms with Crippen molar-refractivity contribution in [1.82, 2.24) is 0 Å². The van der Waals surface area contributed by atoms with E-state index in [1.165, 1.54) is 6.92 Å². The largest absolute Gasteiger partial charge is 0.468 e. The molecule has 0 bridgehead atoms. The van der Waals surface area contributed by atoms with E-state index in [2.05, 4.69) is 18.9 Å². The highest BCUT2D eigenvalue weighted by atomic mass is 32.2. The lowest BCUT2D eigenvalue weighted by Crippen LogP contribution is -2.27. The molecule has 8 nitrogen and oxygen atoms in total. The maximum atomic E-state index is 11.4. The summed E-state index contributed by atoms with van der Waals surface area (Å²) in [5, 5.41) is 3.36. The molecule has 0 unspecified atom stereocenters. The van der Waals surface area contributed by atoms with Crippen molar-refractivity contribution in [2.45, 2.75) is 19.8 Å². The van der Waals surface area contributed by atoms with Crippen molar-refractivity contribution in [3.63, 3.8) is 0 Å². The van der Waals surface area contributed by atoms with Crippen LogP contribution in [-0.2, 0) is 33.5 Å². The number of methoxy groups -OCH3 is 2. The van der Waals surface area contributed by atoms with Gasteiger partial charge in [-0.3, -0.25) is 13.9 Å². The predicted octanol–water partition coefficient (Wildman–Crippen LogP) is 0.0809. The fourth-order valence-electron chi connectivity index (χ4n) is 1.15. The molecule has 0 radical (unpaired) electrons. The second-order valence-corrected chi connectivity index (χ2v) is 5.30. The Bertz CT molecular complexity index is 438. The SMILES string of the molecule is COC(=O)C(CCC(C)=NOS(C)(=O)=O)C(=O)OC. The van der Waals surface area contributed by atoms with Crippen molar-refractivity contribution >= 4 is 27.8 Å². The number of oxime groups is 1. The molecular formula is C10H17NO7S. The van der Waals surface area contributed by atoms with Crippen LogP contribution in [-0.4, -0.2) is 46.5 Å². The minimum atomic E-state index is -3.67. The normalized spacial score (nSPS) is 12.2. The first-order chi connectivity index (χ1) is 8.71.